The number of benzene rings is 1. The zero-order valence-electron chi connectivity index (χ0n) is 12.6. The van der Waals surface area contributed by atoms with Gasteiger partial charge in [-0.05, 0) is 12.0 Å². The molecule has 0 fully saturated rings. The zero-order valence-corrected chi connectivity index (χ0v) is 16.3. The summed E-state index contributed by atoms with van der Waals surface area (Å²) in [6.45, 7) is 11.8. The molecule has 2 nitrogen and oxygen atoms in total. The predicted octanol–water partition coefficient (Wildman–Crippen LogP) is 4.53. The molecule has 1 unspecified atom stereocenters. The van der Waals surface area contributed by atoms with Gasteiger partial charge in [-0.1, -0.05) is 71.9 Å². The van der Waals surface area contributed by atoms with Crippen LogP contribution in [0, 0.1) is 0 Å². The number of rotatable bonds is 2. The third-order valence-electron chi connectivity index (χ3n) is 1.50. The first-order chi connectivity index (χ1) is 8.20. The summed E-state index contributed by atoms with van der Waals surface area (Å²) < 4.78 is 17.3. The van der Waals surface area contributed by atoms with Gasteiger partial charge in [0.25, 0.3) is 0 Å². The summed E-state index contributed by atoms with van der Waals surface area (Å²) in [4.78, 5) is 0. The summed E-state index contributed by atoms with van der Waals surface area (Å²) in [5.41, 5.74) is 1.41. The molecule has 1 rings (SSSR count). The molecule has 1 aromatic rings. The fourth-order valence-corrected chi connectivity index (χ4v) is 0.714. The second-order valence-corrected chi connectivity index (χ2v) is 3.67. The van der Waals surface area contributed by atoms with Crippen LogP contribution in [0.1, 0.15) is 47.1 Å². The molecule has 0 aliphatic rings. The van der Waals surface area contributed by atoms with E-state index in [2.05, 4.69) is 31.2 Å². The molecule has 0 aliphatic heterocycles. The molecular weight excluding hydrogens is 321 g/mol. The Morgan fingerprint density at radius 3 is 1.50 bits per heavy atom. The van der Waals surface area contributed by atoms with Crippen molar-refractivity contribution in [1.82, 2.24) is 0 Å². The Morgan fingerprint density at radius 2 is 1.33 bits per heavy atom. The third-order valence-corrected chi connectivity index (χ3v) is 1.99. The SMILES string of the molecule is CC.CC.CCS(=O)O.CCc1ccccc1.[Y]. The summed E-state index contributed by atoms with van der Waals surface area (Å²) >= 11 is -1.57. The van der Waals surface area contributed by atoms with Gasteiger partial charge in [0, 0.05) is 38.5 Å². The smallest absolute Gasteiger partial charge is 0.152 e. The van der Waals surface area contributed by atoms with Crippen LogP contribution in [0.4, 0.5) is 0 Å². The van der Waals surface area contributed by atoms with Crippen LogP contribution in [0.5, 0.6) is 0 Å². The van der Waals surface area contributed by atoms with Gasteiger partial charge in [0.15, 0.2) is 11.1 Å². The maximum atomic E-state index is 9.48. The monoisotopic (exact) mass is 349 g/mol. The van der Waals surface area contributed by atoms with Gasteiger partial charge in [-0.25, -0.2) is 4.21 Å². The molecule has 105 valence electrons. The molecule has 0 amide bonds. The maximum absolute atomic E-state index is 9.48. The van der Waals surface area contributed by atoms with Crippen molar-refractivity contribution in [3.63, 3.8) is 0 Å². The summed E-state index contributed by atoms with van der Waals surface area (Å²) in [5, 5.41) is 0. The number of hydrogen-bond acceptors (Lipinski definition) is 1. The quantitative estimate of drug-likeness (QED) is 0.797. The average Bonchev–Trinajstić information content (AvgIpc) is 2.44. The van der Waals surface area contributed by atoms with Crippen LogP contribution >= 0.6 is 0 Å². The van der Waals surface area contributed by atoms with Gasteiger partial charge >= 0.3 is 0 Å². The summed E-state index contributed by atoms with van der Waals surface area (Å²) in [7, 11) is 0. The van der Waals surface area contributed by atoms with E-state index in [1.807, 2.05) is 33.8 Å². The minimum atomic E-state index is -1.57. The zero-order chi connectivity index (χ0) is 14.1. The van der Waals surface area contributed by atoms with E-state index in [0.717, 1.165) is 6.42 Å². The first kappa shape index (κ1) is 26.9. The molecule has 0 saturated carbocycles. The fraction of sp³-hybridized carbons (Fsp3) is 0.571. The number of hydrogen-bond donors (Lipinski definition) is 1. The van der Waals surface area contributed by atoms with E-state index in [1.165, 1.54) is 5.56 Å². The minimum absolute atomic E-state index is 0. The van der Waals surface area contributed by atoms with Crippen molar-refractivity contribution in [2.24, 2.45) is 0 Å². The molecule has 18 heavy (non-hydrogen) atoms. The normalized spacial score (nSPS) is 8.83. The van der Waals surface area contributed by atoms with Crippen LogP contribution in [0.25, 0.3) is 0 Å². The van der Waals surface area contributed by atoms with Gasteiger partial charge in [-0.2, -0.15) is 0 Å². The minimum Gasteiger partial charge on any atom is -0.306 e. The molecule has 0 spiro atoms. The molecule has 4 heteroatoms. The van der Waals surface area contributed by atoms with Crippen molar-refractivity contribution in [2.75, 3.05) is 5.75 Å². The molecule has 1 N–H and O–H groups in total. The molecule has 0 saturated heterocycles. The Hall–Kier alpha value is 0.434. The molecular formula is C14H28O2SY. The van der Waals surface area contributed by atoms with Crippen LogP contribution in [0.3, 0.4) is 0 Å². The van der Waals surface area contributed by atoms with Gasteiger partial charge in [-0.3, -0.25) is 0 Å². The van der Waals surface area contributed by atoms with E-state index in [-0.39, 0.29) is 32.7 Å². The van der Waals surface area contributed by atoms with Gasteiger partial charge < -0.3 is 4.55 Å². The summed E-state index contributed by atoms with van der Waals surface area (Å²) in [6.07, 6.45) is 1.14. The van der Waals surface area contributed by atoms with E-state index in [0.29, 0.717) is 5.75 Å². The molecule has 1 aromatic carbocycles. The van der Waals surface area contributed by atoms with Gasteiger partial charge in [0.1, 0.15) is 0 Å². The summed E-state index contributed by atoms with van der Waals surface area (Å²) in [6, 6.07) is 10.5. The molecule has 0 bridgehead atoms. The van der Waals surface area contributed by atoms with Crippen LogP contribution in [-0.2, 0) is 50.2 Å². The van der Waals surface area contributed by atoms with Crippen molar-refractivity contribution < 1.29 is 41.5 Å². The molecule has 0 aromatic heterocycles. The standard InChI is InChI=1S/C8H10.C2H6O2S.2C2H6.Y/c1-2-8-6-4-3-5-7-8;1-2-5(3)4;2*1-2;/h3-7H,2H2,1H3;2H2,1H3,(H,3,4);2*1-2H3;. The Balaban J connectivity index is -0.0000000863. The Labute approximate surface area is 141 Å². The van der Waals surface area contributed by atoms with E-state index >= 15 is 0 Å². The summed E-state index contributed by atoms with van der Waals surface area (Å²) in [5.74, 6) is 0.333. The van der Waals surface area contributed by atoms with Crippen LogP contribution < -0.4 is 0 Å². The Morgan fingerprint density at radius 1 is 1.00 bits per heavy atom. The predicted molar refractivity (Wildman–Crippen MR) is 79.8 cm³/mol. The third kappa shape index (κ3) is 25.3. The van der Waals surface area contributed by atoms with Gasteiger partial charge in [0.2, 0.25) is 0 Å². The van der Waals surface area contributed by atoms with Gasteiger partial charge in [0.05, 0.1) is 0 Å². The van der Waals surface area contributed by atoms with Crippen LogP contribution in [0.2, 0.25) is 0 Å². The Bertz CT molecular complexity index is 241. The van der Waals surface area contributed by atoms with E-state index < -0.39 is 11.1 Å². The number of aryl methyl sites for hydroxylation is 1. The second-order valence-electron chi connectivity index (χ2n) is 2.45. The largest absolute Gasteiger partial charge is 0.306 e. The molecule has 1 atom stereocenters. The van der Waals surface area contributed by atoms with E-state index in [9.17, 15) is 4.21 Å². The van der Waals surface area contributed by atoms with Crippen molar-refractivity contribution in [1.29, 1.82) is 0 Å². The van der Waals surface area contributed by atoms with Gasteiger partial charge in [-0.15, -0.1) is 0 Å². The molecule has 1 radical (unpaired) electrons. The fourth-order valence-electron chi connectivity index (χ4n) is 0.714. The van der Waals surface area contributed by atoms with E-state index in [1.54, 1.807) is 6.92 Å². The van der Waals surface area contributed by atoms with Crippen molar-refractivity contribution in [3.8, 4) is 0 Å². The average molecular weight is 349 g/mol. The first-order valence-corrected chi connectivity index (χ1v) is 7.59. The Kier molecular flexibility index (Phi) is 39.0. The molecule has 0 heterocycles. The topological polar surface area (TPSA) is 37.3 Å². The maximum Gasteiger partial charge on any atom is 0.152 e. The van der Waals surface area contributed by atoms with Crippen LogP contribution in [-0.4, -0.2) is 14.5 Å². The molecule has 0 aliphatic carbocycles. The van der Waals surface area contributed by atoms with Crippen molar-refractivity contribution in [3.05, 3.63) is 35.9 Å². The van der Waals surface area contributed by atoms with Crippen LogP contribution in [0.15, 0.2) is 30.3 Å². The van der Waals surface area contributed by atoms with E-state index in [4.69, 9.17) is 4.55 Å². The second kappa shape index (κ2) is 26.1. The first-order valence-electron chi connectivity index (χ1n) is 6.32. The van der Waals surface area contributed by atoms with Crippen molar-refractivity contribution in [2.45, 2.75) is 48.0 Å². The van der Waals surface area contributed by atoms with Crippen molar-refractivity contribution >= 4 is 11.1 Å².